The first-order chi connectivity index (χ1) is 15.5. The normalized spacial score (nSPS) is 10.7. The minimum absolute atomic E-state index is 0.0584. The number of ether oxygens (including phenoxy) is 1. The van der Waals surface area contributed by atoms with Gasteiger partial charge in [-0.05, 0) is 35.9 Å². The van der Waals surface area contributed by atoms with E-state index >= 15 is 0 Å². The Kier molecular flexibility index (Phi) is 6.16. The zero-order valence-electron chi connectivity index (χ0n) is 17.2. The highest BCUT2D eigenvalue weighted by molar-refractivity contribution is 5.79. The van der Waals surface area contributed by atoms with Gasteiger partial charge in [-0.15, -0.1) is 0 Å². The van der Waals surface area contributed by atoms with Crippen molar-refractivity contribution in [3.63, 3.8) is 0 Å². The summed E-state index contributed by atoms with van der Waals surface area (Å²) < 4.78 is 37.8. The topological polar surface area (TPSA) is 98.2 Å². The Labute approximate surface area is 183 Å². The molecule has 0 saturated carbocycles. The lowest BCUT2D eigenvalue weighted by Gasteiger charge is -2.14. The lowest BCUT2D eigenvalue weighted by atomic mass is 10.2. The van der Waals surface area contributed by atoms with Gasteiger partial charge in [0, 0.05) is 24.7 Å². The molecule has 4 N–H and O–H groups in total. The number of halogens is 2. The summed E-state index contributed by atoms with van der Waals surface area (Å²) in [6, 6.07) is 14.4. The van der Waals surface area contributed by atoms with Crippen molar-refractivity contribution in [2.75, 3.05) is 23.5 Å². The predicted molar refractivity (Wildman–Crippen MR) is 118 cm³/mol. The Bertz CT molecular complexity index is 1200. The molecule has 0 atom stereocenters. The summed E-state index contributed by atoms with van der Waals surface area (Å²) in [5.74, 6) is 0.536. The number of aromatic nitrogens is 2. The molecule has 164 valence electrons. The smallest absolute Gasteiger partial charge is 0.225 e. The molecular formula is C23H21F2N5O2. The van der Waals surface area contributed by atoms with E-state index in [2.05, 4.69) is 20.6 Å². The van der Waals surface area contributed by atoms with E-state index in [4.69, 9.17) is 14.9 Å². The first-order valence-electron chi connectivity index (χ1n) is 9.79. The molecule has 4 aromatic rings. The van der Waals surface area contributed by atoms with E-state index in [0.29, 0.717) is 29.8 Å². The molecule has 0 aliphatic heterocycles. The van der Waals surface area contributed by atoms with Gasteiger partial charge >= 0.3 is 0 Å². The fraction of sp³-hybridized carbons (Fsp3) is 0.130. The SMILES string of the molecule is COc1ccc(CNc2nc(NCc3ccc(F)cc3F)c(N)c(-c3ccco3)n2)cc1. The number of nitrogens with two attached hydrogens (primary N) is 1. The van der Waals surface area contributed by atoms with E-state index in [9.17, 15) is 8.78 Å². The second-order valence-electron chi connectivity index (χ2n) is 6.93. The number of methoxy groups -OCH3 is 1. The molecule has 0 aliphatic rings. The zero-order valence-corrected chi connectivity index (χ0v) is 17.2. The fourth-order valence-corrected chi connectivity index (χ4v) is 3.05. The van der Waals surface area contributed by atoms with Crippen LogP contribution in [0.2, 0.25) is 0 Å². The number of furan rings is 1. The lowest BCUT2D eigenvalue weighted by Crippen LogP contribution is -2.11. The number of hydrogen-bond donors (Lipinski definition) is 3. The minimum atomic E-state index is -0.658. The summed E-state index contributed by atoms with van der Waals surface area (Å²) in [5.41, 5.74) is 8.18. The molecule has 2 aromatic carbocycles. The van der Waals surface area contributed by atoms with E-state index < -0.39 is 11.6 Å². The first-order valence-corrected chi connectivity index (χ1v) is 9.79. The van der Waals surface area contributed by atoms with Crippen LogP contribution in [0.1, 0.15) is 11.1 Å². The highest BCUT2D eigenvalue weighted by Gasteiger charge is 2.16. The van der Waals surface area contributed by atoms with Crippen molar-refractivity contribution >= 4 is 17.5 Å². The van der Waals surface area contributed by atoms with Gasteiger partial charge in [0.25, 0.3) is 0 Å². The van der Waals surface area contributed by atoms with E-state index in [1.807, 2.05) is 24.3 Å². The molecule has 7 nitrogen and oxygen atoms in total. The fourth-order valence-electron chi connectivity index (χ4n) is 3.05. The second kappa shape index (κ2) is 9.34. The lowest BCUT2D eigenvalue weighted by molar-refractivity contribution is 0.414. The van der Waals surface area contributed by atoms with Crippen LogP contribution < -0.4 is 21.1 Å². The standard InChI is InChI=1S/C23H21F2N5O2/c1-31-17-8-4-14(5-9-17)12-28-23-29-21(19-3-2-10-32-19)20(26)22(30-23)27-13-15-6-7-16(24)11-18(15)25/h2-11H,12-13,26H2,1H3,(H2,27,28,29,30). The summed E-state index contributed by atoms with van der Waals surface area (Å²) in [4.78, 5) is 8.91. The third-order valence-corrected chi connectivity index (χ3v) is 4.77. The van der Waals surface area contributed by atoms with Crippen LogP contribution in [-0.2, 0) is 13.1 Å². The monoisotopic (exact) mass is 437 g/mol. The number of benzene rings is 2. The van der Waals surface area contributed by atoms with Gasteiger partial charge in [-0.2, -0.15) is 4.98 Å². The molecule has 2 heterocycles. The highest BCUT2D eigenvalue weighted by atomic mass is 19.1. The van der Waals surface area contributed by atoms with Crippen molar-refractivity contribution in [3.8, 4) is 17.2 Å². The molecule has 0 spiro atoms. The molecule has 0 radical (unpaired) electrons. The van der Waals surface area contributed by atoms with Crippen molar-refractivity contribution in [3.05, 3.63) is 83.6 Å². The van der Waals surface area contributed by atoms with Gasteiger partial charge in [-0.25, -0.2) is 13.8 Å². The molecule has 9 heteroatoms. The Hall–Kier alpha value is -4.14. The number of nitrogens with zero attached hydrogens (tertiary/aromatic N) is 2. The summed E-state index contributed by atoms with van der Waals surface area (Å²) in [6.45, 7) is 0.514. The summed E-state index contributed by atoms with van der Waals surface area (Å²) in [5, 5.41) is 6.17. The summed E-state index contributed by atoms with van der Waals surface area (Å²) in [7, 11) is 1.61. The van der Waals surface area contributed by atoms with Gasteiger partial charge in [0.05, 0.1) is 13.4 Å². The van der Waals surface area contributed by atoms with Gasteiger partial charge < -0.3 is 25.5 Å². The van der Waals surface area contributed by atoms with Crippen molar-refractivity contribution in [2.45, 2.75) is 13.1 Å². The molecule has 32 heavy (non-hydrogen) atoms. The average Bonchev–Trinajstić information content (AvgIpc) is 3.33. The van der Waals surface area contributed by atoms with Gasteiger partial charge in [-0.1, -0.05) is 18.2 Å². The van der Waals surface area contributed by atoms with Crippen LogP contribution >= 0.6 is 0 Å². The largest absolute Gasteiger partial charge is 0.497 e. The number of nitrogen functional groups attached to an aromatic ring is 1. The van der Waals surface area contributed by atoms with Crippen LogP contribution in [0.25, 0.3) is 11.5 Å². The van der Waals surface area contributed by atoms with Crippen LogP contribution in [0.3, 0.4) is 0 Å². The minimum Gasteiger partial charge on any atom is -0.497 e. The van der Waals surface area contributed by atoms with Gasteiger partial charge in [-0.3, -0.25) is 0 Å². The van der Waals surface area contributed by atoms with Crippen LogP contribution in [0, 0.1) is 11.6 Å². The van der Waals surface area contributed by atoms with Gasteiger partial charge in [0.2, 0.25) is 5.95 Å². The van der Waals surface area contributed by atoms with Crippen LogP contribution in [0.5, 0.6) is 5.75 Å². The van der Waals surface area contributed by atoms with Gasteiger partial charge in [0.15, 0.2) is 11.6 Å². The maximum Gasteiger partial charge on any atom is 0.225 e. The molecular weight excluding hydrogens is 416 g/mol. The second-order valence-corrected chi connectivity index (χ2v) is 6.93. The van der Waals surface area contributed by atoms with Crippen LogP contribution in [0.4, 0.5) is 26.2 Å². The Morgan fingerprint density at radius 2 is 1.81 bits per heavy atom. The third kappa shape index (κ3) is 4.77. The van der Waals surface area contributed by atoms with E-state index in [1.54, 1.807) is 19.2 Å². The molecule has 0 amide bonds. The molecule has 4 rings (SSSR count). The highest BCUT2D eigenvalue weighted by Crippen LogP contribution is 2.31. The summed E-state index contributed by atoms with van der Waals surface area (Å²) >= 11 is 0. The molecule has 0 aliphatic carbocycles. The van der Waals surface area contributed by atoms with Crippen LogP contribution in [-0.4, -0.2) is 17.1 Å². The molecule has 0 fully saturated rings. The molecule has 0 unspecified atom stereocenters. The van der Waals surface area contributed by atoms with E-state index in [1.165, 1.54) is 18.4 Å². The predicted octanol–water partition coefficient (Wildman–Crippen LogP) is 4.83. The Morgan fingerprint density at radius 1 is 1.00 bits per heavy atom. The average molecular weight is 437 g/mol. The Morgan fingerprint density at radius 3 is 2.50 bits per heavy atom. The molecule has 0 saturated heterocycles. The maximum atomic E-state index is 14.0. The number of hydrogen-bond acceptors (Lipinski definition) is 7. The van der Waals surface area contributed by atoms with Crippen molar-refractivity contribution < 1.29 is 17.9 Å². The van der Waals surface area contributed by atoms with E-state index in [0.717, 1.165) is 17.4 Å². The van der Waals surface area contributed by atoms with Crippen molar-refractivity contribution in [1.29, 1.82) is 0 Å². The molecule has 0 bridgehead atoms. The summed E-state index contributed by atoms with van der Waals surface area (Å²) in [6.07, 6.45) is 1.52. The zero-order chi connectivity index (χ0) is 22.5. The molecule has 2 aromatic heterocycles. The quantitative estimate of drug-likeness (QED) is 0.363. The first kappa shape index (κ1) is 21.1. The number of anilines is 3. The number of nitrogens with one attached hydrogen (secondary N) is 2. The van der Waals surface area contributed by atoms with Crippen molar-refractivity contribution in [1.82, 2.24) is 9.97 Å². The van der Waals surface area contributed by atoms with Crippen molar-refractivity contribution in [2.24, 2.45) is 0 Å². The Balaban J connectivity index is 1.58. The third-order valence-electron chi connectivity index (χ3n) is 4.77. The van der Waals surface area contributed by atoms with E-state index in [-0.39, 0.29) is 17.8 Å². The van der Waals surface area contributed by atoms with Crippen LogP contribution in [0.15, 0.2) is 65.3 Å². The number of rotatable bonds is 8. The maximum absolute atomic E-state index is 14.0. The van der Waals surface area contributed by atoms with Gasteiger partial charge in [0.1, 0.15) is 28.8 Å².